The highest BCUT2D eigenvalue weighted by Crippen LogP contribution is 2.42. The molecule has 1 aromatic carbocycles. The monoisotopic (exact) mass is 229 g/mol. The number of hydrogen-bond acceptors (Lipinski definition) is 4. The molecule has 1 aliphatic rings. The highest BCUT2D eigenvalue weighted by atomic mass is 35.5. The molecule has 82 valence electrons. The second kappa shape index (κ2) is 3.89. The Morgan fingerprint density at radius 3 is 3.00 bits per heavy atom. The number of aliphatic hydroxyl groups is 1. The van der Waals surface area contributed by atoms with E-state index in [1.54, 1.807) is 6.07 Å². The lowest BCUT2D eigenvalue weighted by atomic mass is 10.0. The maximum Gasteiger partial charge on any atom is 0.231 e. The molecular formula is C10H12ClNO3. The summed E-state index contributed by atoms with van der Waals surface area (Å²) in [4.78, 5) is 0. The van der Waals surface area contributed by atoms with Gasteiger partial charge in [-0.1, -0.05) is 11.6 Å². The Bertz CT molecular complexity index is 395. The van der Waals surface area contributed by atoms with Crippen LogP contribution in [0.2, 0.25) is 5.02 Å². The number of rotatable bonds is 2. The summed E-state index contributed by atoms with van der Waals surface area (Å²) in [5.41, 5.74) is 6.74. The zero-order valence-electron chi connectivity index (χ0n) is 8.29. The van der Waals surface area contributed by atoms with Crippen LogP contribution in [0, 0.1) is 6.92 Å². The van der Waals surface area contributed by atoms with Crippen LogP contribution in [0.15, 0.2) is 6.07 Å². The third-order valence-electron chi connectivity index (χ3n) is 2.43. The summed E-state index contributed by atoms with van der Waals surface area (Å²) in [6.45, 7) is 2.13. The molecule has 0 saturated heterocycles. The number of hydrogen-bond donors (Lipinski definition) is 2. The quantitative estimate of drug-likeness (QED) is 0.804. The Morgan fingerprint density at radius 2 is 2.33 bits per heavy atom. The van der Waals surface area contributed by atoms with E-state index < -0.39 is 6.10 Å². The summed E-state index contributed by atoms with van der Waals surface area (Å²) in [6, 6.07) is 1.68. The van der Waals surface area contributed by atoms with Gasteiger partial charge >= 0.3 is 0 Å². The highest BCUT2D eigenvalue weighted by Gasteiger charge is 2.23. The van der Waals surface area contributed by atoms with Crippen molar-refractivity contribution in [2.45, 2.75) is 13.0 Å². The minimum absolute atomic E-state index is 0.124. The van der Waals surface area contributed by atoms with Gasteiger partial charge in [-0.15, -0.1) is 0 Å². The molecule has 0 saturated carbocycles. The van der Waals surface area contributed by atoms with Crippen molar-refractivity contribution in [3.05, 3.63) is 22.2 Å². The zero-order chi connectivity index (χ0) is 11.0. The molecule has 1 aliphatic heterocycles. The minimum atomic E-state index is -0.773. The molecule has 0 radical (unpaired) electrons. The van der Waals surface area contributed by atoms with E-state index >= 15 is 0 Å². The standard InChI is InChI=1S/C10H12ClNO3/c1-5-9(11)6(7(13)3-12)2-8-10(5)15-4-14-8/h2,7,13H,3-4,12H2,1H3. The van der Waals surface area contributed by atoms with Crippen LogP contribution in [0.25, 0.3) is 0 Å². The van der Waals surface area contributed by atoms with Crippen LogP contribution >= 0.6 is 11.6 Å². The molecule has 1 unspecified atom stereocenters. The number of aliphatic hydroxyl groups excluding tert-OH is 1. The smallest absolute Gasteiger partial charge is 0.231 e. The van der Waals surface area contributed by atoms with E-state index in [0.29, 0.717) is 22.1 Å². The molecule has 3 N–H and O–H groups in total. The number of nitrogens with two attached hydrogens (primary N) is 1. The Balaban J connectivity index is 2.54. The van der Waals surface area contributed by atoms with Crippen molar-refractivity contribution in [2.24, 2.45) is 5.73 Å². The number of benzene rings is 1. The fraction of sp³-hybridized carbons (Fsp3) is 0.400. The maximum absolute atomic E-state index is 9.66. The van der Waals surface area contributed by atoms with E-state index in [4.69, 9.17) is 26.8 Å². The van der Waals surface area contributed by atoms with Gasteiger partial charge in [-0.3, -0.25) is 0 Å². The third kappa shape index (κ3) is 1.65. The second-order valence-electron chi connectivity index (χ2n) is 3.39. The van der Waals surface area contributed by atoms with Crippen molar-refractivity contribution in [3.63, 3.8) is 0 Å². The van der Waals surface area contributed by atoms with E-state index in [1.807, 2.05) is 6.92 Å². The normalized spacial score (nSPS) is 15.5. The lowest BCUT2D eigenvalue weighted by Crippen LogP contribution is -2.12. The Hall–Kier alpha value is -0.970. The second-order valence-corrected chi connectivity index (χ2v) is 3.77. The van der Waals surface area contributed by atoms with E-state index in [2.05, 4.69) is 0 Å². The average molecular weight is 230 g/mol. The molecule has 0 amide bonds. The maximum atomic E-state index is 9.66. The largest absolute Gasteiger partial charge is 0.454 e. The molecule has 0 bridgehead atoms. The molecule has 15 heavy (non-hydrogen) atoms. The first-order chi connectivity index (χ1) is 7.15. The molecule has 0 aliphatic carbocycles. The Labute approximate surface area is 92.5 Å². The summed E-state index contributed by atoms with van der Waals surface area (Å²) < 4.78 is 10.5. The number of fused-ring (bicyclic) bond motifs is 1. The number of halogens is 1. The SMILES string of the molecule is Cc1c(Cl)c(C(O)CN)cc2c1OCO2. The first kappa shape index (κ1) is 10.5. The van der Waals surface area contributed by atoms with Crippen molar-refractivity contribution >= 4 is 11.6 Å². The summed E-state index contributed by atoms with van der Waals surface area (Å²) in [7, 11) is 0. The van der Waals surface area contributed by atoms with Crippen molar-refractivity contribution in [2.75, 3.05) is 13.3 Å². The van der Waals surface area contributed by atoms with Gasteiger partial charge in [0, 0.05) is 17.7 Å². The predicted molar refractivity (Wildman–Crippen MR) is 56.3 cm³/mol. The molecule has 4 nitrogen and oxygen atoms in total. The van der Waals surface area contributed by atoms with Crippen molar-refractivity contribution in [3.8, 4) is 11.5 Å². The topological polar surface area (TPSA) is 64.7 Å². The van der Waals surface area contributed by atoms with Crippen molar-refractivity contribution < 1.29 is 14.6 Å². The van der Waals surface area contributed by atoms with Gasteiger partial charge < -0.3 is 20.3 Å². The van der Waals surface area contributed by atoms with Crippen molar-refractivity contribution in [1.82, 2.24) is 0 Å². The predicted octanol–water partition coefficient (Wildman–Crippen LogP) is 1.37. The first-order valence-corrected chi connectivity index (χ1v) is 4.99. The molecule has 1 atom stereocenters. The van der Waals surface area contributed by atoms with Crippen LogP contribution in [0.3, 0.4) is 0 Å². The average Bonchev–Trinajstić information content (AvgIpc) is 2.70. The molecule has 1 heterocycles. The van der Waals surface area contributed by atoms with Crippen LogP contribution < -0.4 is 15.2 Å². The van der Waals surface area contributed by atoms with E-state index in [0.717, 1.165) is 5.56 Å². The van der Waals surface area contributed by atoms with Crippen LogP contribution in [0.4, 0.5) is 0 Å². The minimum Gasteiger partial charge on any atom is -0.454 e. The lowest BCUT2D eigenvalue weighted by Gasteiger charge is -2.13. The molecule has 0 fully saturated rings. The van der Waals surface area contributed by atoms with Gasteiger partial charge in [0.05, 0.1) is 11.1 Å². The van der Waals surface area contributed by atoms with Gasteiger partial charge in [-0.05, 0) is 13.0 Å². The number of ether oxygens (including phenoxy) is 2. The highest BCUT2D eigenvalue weighted by molar-refractivity contribution is 6.32. The van der Waals surface area contributed by atoms with E-state index in [-0.39, 0.29) is 13.3 Å². The summed E-state index contributed by atoms with van der Waals surface area (Å²) in [5.74, 6) is 1.26. The molecule has 1 aromatic rings. The molecular weight excluding hydrogens is 218 g/mol. The van der Waals surface area contributed by atoms with Gasteiger partial charge in [0.2, 0.25) is 6.79 Å². The molecule has 0 spiro atoms. The summed E-state index contributed by atoms with van der Waals surface area (Å²) in [6.07, 6.45) is -0.773. The van der Waals surface area contributed by atoms with Gasteiger partial charge in [0.1, 0.15) is 0 Å². The zero-order valence-corrected chi connectivity index (χ0v) is 9.04. The summed E-state index contributed by atoms with van der Waals surface area (Å²) in [5, 5.41) is 10.1. The van der Waals surface area contributed by atoms with E-state index in [9.17, 15) is 5.11 Å². The van der Waals surface area contributed by atoms with Crippen molar-refractivity contribution in [1.29, 1.82) is 0 Å². The fourth-order valence-electron chi connectivity index (χ4n) is 1.58. The Kier molecular flexibility index (Phi) is 2.73. The van der Waals surface area contributed by atoms with Crippen LogP contribution in [-0.2, 0) is 0 Å². The third-order valence-corrected chi connectivity index (χ3v) is 2.94. The fourth-order valence-corrected chi connectivity index (χ4v) is 1.85. The van der Waals surface area contributed by atoms with E-state index in [1.165, 1.54) is 0 Å². The lowest BCUT2D eigenvalue weighted by molar-refractivity contribution is 0.172. The molecule has 0 aromatic heterocycles. The van der Waals surface area contributed by atoms with Gasteiger partial charge in [0.15, 0.2) is 11.5 Å². The van der Waals surface area contributed by atoms with Gasteiger partial charge in [-0.2, -0.15) is 0 Å². The Morgan fingerprint density at radius 1 is 1.60 bits per heavy atom. The van der Waals surface area contributed by atoms with Crippen LogP contribution in [0.5, 0.6) is 11.5 Å². The van der Waals surface area contributed by atoms with Gasteiger partial charge in [0.25, 0.3) is 0 Å². The first-order valence-electron chi connectivity index (χ1n) is 4.62. The molecule has 2 rings (SSSR count). The summed E-state index contributed by atoms with van der Waals surface area (Å²) >= 11 is 6.10. The van der Waals surface area contributed by atoms with Crippen LogP contribution in [-0.4, -0.2) is 18.4 Å². The molecule has 5 heteroatoms. The van der Waals surface area contributed by atoms with Crippen LogP contribution in [0.1, 0.15) is 17.2 Å². The van der Waals surface area contributed by atoms with Gasteiger partial charge in [-0.25, -0.2) is 0 Å².